The monoisotopic (exact) mass is 214 g/mol. The third-order valence-corrected chi connectivity index (χ3v) is 2.85. The van der Waals surface area contributed by atoms with Crippen molar-refractivity contribution >= 4 is 5.91 Å². The maximum Gasteiger partial charge on any atom is 0.221 e. The smallest absolute Gasteiger partial charge is 0.221 e. The summed E-state index contributed by atoms with van der Waals surface area (Å²) < 4.78 is 0. The van der Waals surface area contributed by atoms with Crippen LogP contribution < -0.4 is 10.6 Å². The van der Waals surface area contributed by atoms with Crippen LogP contribution in [-0.4, -0.2) is 36.2 Å². The predicted octanol–water partition coefficient (Wildman–Crippen LogP) is 0.406. The standard InChI is InChI=1S/C11H22N2O2/c1-2-12-8-7-11(15)13-9-5-3-4-6-10(9)14/h9-10,12,14H,2-8H2,1H3,(H,13,15)/t9-,10-/m1/s1. The predicted molar refractivity (Wildman–Crippen MR) is 59.6 cm³/mol. The van der Waals surface area contributed by atoms with Crippen LogP contribution in [0.25, 0.3) is 0 Å². The second kappa shape index (κ2) is 6.80. The Kier molecular flexibility index (Phi) is 5.65. The van der Waals surface area contributed by atoms with Crippen molar-refractivity contribution in [1.29, 1.82) is 0 Å². The van der Waals surface area contributed by atoms with Gasteiger partial charge in [0.2, 0.25) is 5.91 Å². The average Bonchev–Trinajstić information content (AvgIpc) is 2.22. The van der Waals surface area contributed by atoms with Crippen LogP contribution in [0.2, 0.25) is 0 Å². The molecule has 0 aromatic heterocycles. The van der Waals surface area contributed by atoms with Gasteiger partial charge < -0.3 is 15.7 Å². The van der Waals surface area contributed by atoms with Crippen LogP contribution in [0, 0.1) is 0 Å². The summed E-state index contributed by atoms with van der Waals surface area (Å²) in [5, 5.41) is 15.7. The second-order valence-electron chi connectivity index (χ2n) is 4.13. The molecule has 1 saturated carbocycles. The number of aliphatic hydroxyl groups is 1. The third kappa shape index (κ3) is 4.62. The van der Waals surface area contributed by atoms with E-state index < -0.39 is 0 Å². The van der Waals surface area contributed by atoms with Gasteiger partial charge in [-0.15, -0.1) is 0 Å². The largest absolute Gasteiger partial charge is 0.391 e. The van der Waals surface area contributed by atoms with Crippen LogP contribution >= 0.6 is 0 Å². The van der Waals surface area contributed by atoms with Crippen LogP contribution in [-0.2, 0) is 4.79 Å². The summed E-state index contributed by atoms with van der Waals surface area (Å²) in [6.45, 7) is 3.62. The van der Waals surface area contributed by atoms with Gasteiger partial charge in [-0.1, -0.05) is 19.8 Å². The fourth-order valence-electron chi connectivity index (χ4n) is 1.94. The Balaban J connectivity index is 2.18. The van der Waals surface area contributed by atoms with Crippen LogP contribution in [0.5, 0.6) is 0 Å². The summed E-state index contributed by atoms with van der Waals surface area (Å²) in [7, 11) is 0. The van der Waals surface area contributed by atoms with Crippen molar-refractivity contribution in [2.75, 3.05) is 13.1 Å². The maximum atomic E-state index is 11.5. The van der Waals surface area contributed by atoms with E-state index in [-0.39, 0.29) is 18.1 Å². The number of carbonyl (C=O) groups excluding carboxylic acids is 1. The molecule has 1 fully saturated rings. The van der Waals surface area contributed by atoms with Gasteiger partial charge >= 0.3 is 0 Å². The lowest BCUT2D eigenvalue weighted by molar-refractivity contribution is -0.122. The van der Waals surface area contributed by atoms with Gasteiger partial charge in [0.25, 0.3) is 0 Å². The number of amides is 1. The third-order valence-electron chi connectivity index (χ3n) is 2.85. The van der Waals surface area contributed by atoms with Gasteiger partial charge in [-0.2, -0.15) is 0 Å². The molecular formula is C11H22N2O2. The molecule has 88 valence electrons. The van der Waals surface area contributed by atoms with E-state index in [9.17, 15) is 9.90 Å². The molecule has 2 atom stereocenters. The summed E-state index contributed by atoms with van der Waals surface area (Å²) in [5.74, 6) is 0.0434. The summed E-state index contributed by atoms with van der Waals surface area (Å²) in [5.41, 5.74) is 0. The number of carbonyl (C=O) groups is 1. The lowest BCUT2D eigenvalue weighted by Crippen LogP contribution is -2.45. The number of aliphatic hydroxyl groups excluding tert-OH is 1. The fraction of sp³-hybridized carbons (Fsp3) is 0.909. The quantitative estimate of drug-likeness (QED) is 0.581. The Morgan fingerprint density at radius 1 is 1.40 bits per heavy atom. The molecule has 0 aromatic rings. The molecule has 4 heteroatoms. The van der Waals surface area contributed by atoms with Crippen molar-refractivity contribution in [1.82, 2.24) is 10.6 Å². The van der Waals surface area contributed by atoms with E-state index in [0.717, 1.165) is 32.2 Å². The maximum absolute atomic E-state index is 11.5. The molecule has 1 rings (SSSR count). The number of rotatable bonds is 5. The van der Waals surface area contributed by atoms with E-state index in [1.807, 2.05) is 6.92 Å². The molecule has 0 radical (unpaired) electrons. The van der Waals surface area contributed by atoms with Gasteiger partial charge in [0.05, 0.1) is 12.1 Å². The van der Waals surface area contributed by atoms with Crippen molar-refractivity contribution in [2.24, 2.45) is 0 Å². The van der Waals surface area contributed by atoms with E-state index in [1.165, 1.54) is 0 Å². The van der Waals surface area contributed by atoms with E-state index in [0.29, 0.717) is 13.0 Å². The number of hydrogen-bond acceptors (Lipinski definition) is 3. The van der Waals surface area contributed by atoms with Crippen molar-refractivity contribution in [3.63, 3.8) is 0 Å². The first-order valence-electron chi connectivity index (χ1n) is 5.92. The highest BCUT2D eigenvalue weighted by Crippen LogP contribution is 2.18. The molecule has 0 unspecified atom stereocenters. The molecule has 0 spiro atoms. The second-order valence-corrected chi connectivity index (χ2v) is 4.13. The van der Waals surface area contributed by atoms with Crippen molar-refractivity contribution < 1.29 is 9.90 Å². The lowest BCUT2D eigenvalue weighted by Gasteiger charge is -2.28. The first-order valence-corrected chi connectivity index (χ1v) is 5.92. The zero-order chi connectivity index (χ0) is 11.1. The fourth-order valence-corrected chi connectivity index (χ4v) is 1.94. The zero-order valence-corrected chi connectivity index (χ0v) is 9.46. The van der Waals surface area contributed by atoms with Gasteiger partial charge in [0, 0.05) is 13.0 Å². The van der Waals surface area contributed by atoms with Gasteiger partial charge in [-0.25, -0.2) is 0 Å². The van der Waals surface area contributed by atoms with Gasteiger partial charge in [-0.05, 0) is 19.4 Å². The molecule has 4 nitrogen and oxygen atoms in total. The Morgan fingerprint density at radius 2 is 2.13 bits per heavy atom. The normalized spacial score (nSPS) is 26.3. The first-order chi connectivity index (χ1) is 7.24. The molecule has 0 bridgehead atoms. The molecule has 1 aliphatic rings. The average molecular weight is 214 g/mol. The van der Waals surface area contributed by atoms with Crippen molar-refractivity contribution in [3.8, 4) is 0 Å². The van der Waals surface area contributed by atoms with Crippen LogP contribution in [0.4, 0.5) is 0 Å². The molecule has 0 aromatic carbocycles. The van der Waals surface area contributed by atoms with Gasteiger partial charge in [0.15, 0.2) is 0 Å². The van der Waals surface area contributed by atoms with Gasteiger partial charge in [-0.3, -0.25) is 4.79 Å². The number of nitrogens with one attached hydrogen (secondary N) is 2. The summed E-state index contributed by atoms with van der Waals surface area (Å²) in [6, 6.07) is -0.0205. The minimum absolute atomic E-state index is 0.0205. The topological polar surface area (TPSA) is 61.4 Å². The highest BCUT2D eigenvalue weighted by atomic mass is 16.3. The molecule has 15 heavy (non-hydrogen) atoms. The zero-order valence-electron chi connectivity index (χ0n) is 9.46. The summed E-state index contributed by atoms with van der Waals surface area (Å²) in [4.78, 5) is 11.5. The van der Waals surface area contributed by atoms with Crippen molar-refractivity contribution in [2.45, 2.75) is 51.2 Å². The number of hydrogen-bond donors (Lipinski definition) is 3. The van der Waals surface area contributed by atoms with Crippen LogP contribution in [0.1, 0.15) is 39.0 Å². The van der Waals surface area contributed by atoms with Gasteiger partial charge in [0.1, 0.15) is 0 Å². The highest BCUT2D eigenvalue weighted by Gasteiger charge is 2.23. The van der Waals surface area contributed by atoms with E-state index in [4.69, 9.17) is 0 Å². The van der Waals surface area contributed by atoms with E-state index in [2.05, 4.69) is 10.6 Å². The van der Waals surface area contributed by atoms with Crippen molar-refractivity contribution in [3.05, 3.63) is 0 Å². The highest BCUT2D eigenvalue weighted by molar-refractivity contribution is 5.76. The lowest BCUT2D eigenvalue weighted by atomic mass is 9.92. The van der Waals surface area contributed by atoms with Crippen LogP contribution in [0.3, 0.4) is 0 Å². The Morgan fingerprint density at radius 3 is 2.80 bits per heavy atom. The van der Waals surface area contributed by atoms with Crippen LogP contribution in [0.15, 0.2) is 0 Å². The molecule has 0 heterocycles. The van der Waals surface area contributed by atoms with E-state index in [1.54, 1.807) is 0 Å². The molecule has 0 aliphatic heterocycles. The molecular weight excluding hydrogens is 192 g/mol. The minimum atomic E-state index is -0.346. The Labute approximate surface area is 91.4 Å². The Bertz CT molecular complexity index is 197. The molecule has 1 amide bonds. The minimum Gasteiger partial charge on any atom is -0.391 e. The molecule has 3 N–H and O–H groups in total. The van der Waals surface area contributed by atoms with E-state index >= 15 is 0 Å². The molecule has 1 aliphatic carbocycles. The summed E-state index contributed by atoms with van der Waals surface area (Å²) in [6.07, 6.45) is 4.06. The first kappa shape index (κ1) is 12.5. The summed E-state index contributed by atoms with van der Waals surface area (Å²) >= 11 is 0. The molecule has 0 saturated heterocycles. The Hall–Kier alpha value is -0.610. The SMILES string of the molecule is CCNCCC(=O)N[C@@H]1CCCC[C@H]1O.